The second kappa shape index (κ2) is 5.88. The minimum atomic E-state index is -1.07. The molecule has 1 saturated heterocycles. The van der Waals surface area contributed by atoms with Crippen molar-refractivity contribution in [2.45, 2.75) is 25.3 Å². The molecule has 1 aromatic rings. The van der Waals surface area contributed by atoms with Crippen molar-refractivity contribution in [2.75, 3.05) is 11.9 Å². The Hall–Kier alpha value is -1.82. The number of pyridine rings is 1. The maximum atomic E-state index is 12.1. The van der Waals surface area contributed by atoms with E-state index in [0.29, 0.717) is 23.8 Å². The highest BCUT2D eigenvalue weighted by molar-refractivity contribution is 6.30. The second-order valence-electron chi connectivity index (χ2n) is 4.34. The highest BCUT2D eigenvalue weighted by Gasteiger charge is 2.32. The van der Waals surface area contributed by atoms with E-state index >= 15 is 0 Å². The van der Waals surface area contributed by atoms with E-state index in [9.17, 15) is 9.59 Å². The Bertz CT molecular complexity index is 478. The Labute approximate surface area is 115 Å². The highest BCUT2D eigenvalue weighted by atomic mass is 35.5. The summed E-state index contributed by atoms with van der Waals surface area (Å²) in [6, 6.07) is 2.54. The summed E-state index contributed by atoms with van der Waals surface area (Å²) in [5, 5.41) is 12.2. The fourth-order valence-electron chi connectivity index (χ4n) is 2.09. The van der Waals surface area contributed by atoms with Gasteiger partial charge in [-0.25, -0.2) is 9.78 Å². The van der Waals surface area contributed by atoms with Crippen LogP contribution in [0.3, 0.4) is 0 Å². The number of hydrogen-bond donors (Lipinski definition) is 2. The van der Waals surface area contributed by atoms with Gasteiger partial charge in [0, 0.05) is 12.7 Å². The van der Waals surface area contributed by atoms with Crippen LogP contribution in [-0.2, 0) is 4.79 Å². The average Bonchev–Trinajstić information content (AvgIpc) is 2.41. The van der Waals surface area contributed by atoms with Gasteiger partial charge in [0.1, 0.15) is 11.9 Å². The van der Waals surface area contributed by atoms with E-state index in [2.05, 4.69) is 10.3 Å². The molecule has 7 heteroatoms. The number of nitrogens with zero attached hydrogens (tertiary/aromatic N) is 2. The number of nitrogens with one attached hydrogen (secondary N) is 1. The van der Waals surface area contributed by atoms with Crippen LogP contribution in [0.25, 0.3) is 0 Å². The first-order chi connectivity index (χ1) is 9.08. The summed E-state index contributed by atoms with van der Waals surface area (Å²) in [5.41, 5.74) is 0. The van der Waals surface area contributed by atoms with Gasteiger partial charge in [0.25, 0.3) is 0 Å². The number of piperidine rings is 1. The van der Waals surface area contributed by atoms with Crippen molar-refractivity contribution in [2.24, 2.45) is 0 Å². The average molecular weight is 284 g/mol. The Balaban J connectivity index is 2.05. The van der Waals surface area contributed by atoms with Gasteiger partial charge in [-0.15, -0.1) is 0 Å². The van der Waals surface area contributed by atoms with Crippen molar-refractivity contribution in [3.8, 4) is 0 Å². The number of carbonyl (C=O) groups excluding carboxylic acids is 1. The van der Waals surface area contributed by atoms with Gasteiger partial charge in [-0.2, -0.15) is 0 Å². The third-order valence-corrected chi connectivity index (χ3v) is 3.25. The molecule has 1 aromatic heterocycles. The van der Waals surface area contributed by atoms with E-state index in [4.69, 9.17) is 16.7 Å². The Morgan fingerprint density at radius 2 is 2.21 bits per heavy atom. The minimum Gasteiger partial charge on any atom is -0.465 e. The fourth-order valence-corrected chi connectivity index (χ4v) is 2.20. The van der Waals surface area contributed by atoms with Crippen molar-refractivity contribution in [1.29, 1.82) is 0 Å². The van der Waals surface area contributed by atoms with Gasteiger partial charge >= 0.3 is 6.09 Å². The van der Waals surface area contributed by atoms with E-state index < -0.39 is 12.1 Å². The van der Waals surface area contributed by atoms with Gasteiger partial charge in [-0.1, -0.05) is 11.6 Å². The summed E-state index contributed by atoms with van der Waals surface area (Å²) in [7, 11) is 0. The Morgan fingerprint density at radius 3 is 2.84 bits per heavy atom. The van der Waals surface area contributed by atoms with Gasteiger partial charge in [0.2, 0.25) is 5.91 Å². The first-order valence-electron chi connectivity index (χ1n) is 6.00. The van der Waals surface area contributed by atoms with E-state index in [0.717, 1.165) is 12.8 Å². The van der Waals surface area contributed by atoms with E-state index in [1.54, 1.807) is 12.1 Å². The maximum absolute atomic E-state index is 12.1. The first-order valence-corrected chi connectivity index (χ1v) is 6.37. The smallest absolute Gasteiger partial charge is 0.407 e. The third-order valence-electron chi connectivity index (χ3n) is 3.03. The van der Waals surface area contributed by atoms with Crippen LogP contribution in [0.4, 0.5) is 10.6 Å². The van der Waals surface area contributed by atoms with Crippen molar-refractivity contribution in [1.82, 2.24) is 9.88 Å². The largest absolute Gasteiger partial charge is 0.465 e. The zero-order valence-corrected chi connectivity index (χ0v) is 10.9. The van der Waals surface area contributed by atoms with Gasteiger partial charge in [-0.05, 0) is 31.4 Å². The number of carboxylic acid groups (broad SMARTS) is 1. The van der Waals surface area contributed by atoms with Crippen LogP contribution in [0.15, 0.2) is 18.3 Å². The molecular weight excluding hydrogens is 270 g/mol. The summed E-state index contributed by atoms with van der Waals surface area (Å²) in [6.07, 6.45) is 2.52. The molecule has 6 nitrogen and oxygen atoms in total. The summed E-state index contributed by atoms with van der Waals surface area (Å²) in [6.45, 7) is 0.390. The predicted octanol–water partition coefficient (Wildman–Crippen LogP) is 2.21. The number of likely N-dealkylation sites (tertiary alicyclic amines) is 1. The SMILES string of the molecule is O=C(Nc1ccc(Cl)cn1)C1CCCCN1C(=O)O. The molecule has 102 valence electrons. The highest BCUT2D eigenvalue weighted by Crippen LogP contribution is 2.19. The number of rotatable bonds is 2. The van der Waals surface area contributed by atoms with Crippen LogP contribution >= 0.6 is 11.6 Å². The standard InChI is InChI=1S/C12H14ClN3O3/c13-8-4-5-10(14-7-8)15-11(17)9-3-1-2-6-16(9)12(18)19/h4-5,7,9H,1-3,6H2,(H,18,19)(H,14,15,17). The Kier molecular flexibility index (Phi) is 4.21. The van der Waals surface area contributed by atoms with E-state index in [1.807, 2.05) is 0 Å². The fraction of sp³-hybridized carbons (Fsp3) is 0.417. The number of hydrogen-bond acceptors (Lipinski definition) is 3. The lowest BCUT2D eigenvalue weighted by molar-refractivity contribution is -0.121. The molecule has 1 aliphatic heterocycles. The van der Waals surface area contributed by atoms with Crippen LogP contribution < -0.4 is 5.32 Å². The molecule has 0 radical (unpaired) electrons. The molecular formula is C12H14ClN3O3. The van der Waals surface area contributed by atoms with Gasteiger partial charge in [0.15, 0.2) is 0 Å². The molecule has 2 N–H and O–H groups in total. The lowest BCUT2D eigenvalue weighted by Crippen LogP contribution is -2.49. The molecule has 1 fully saturated rings. The van der Waals surface area contributed by atoms with Crippen molar-refractivity contribution < 1.29 is 14.7 Å². The van der Waals surface area contributed by atoms with Gasteiger partial charge in [-0.3, -0.25) is 9.69 Å². The van der Waals surface area contributed by atoms with Crippen LogP contribution in [0.1, 0.15) is 19.3 Å². The topological polar surface area (TPSA) is 82.5 Å². The number of amides is 2. The van der Waals surface area contributed by atoms with E-state index in [1.165, 1.54) is 11.1 Å². The minimum absolute atomic E-state index is 0.350. The quantitative estimate of drug-likeness (QED) is 0.872. The first kappa shape index (κ1) is 13.6. The predicted molar refractivity (Wildman–Crippen MR) is 70.2 cm³/mol. The number of carbonyl (C=O) groups is 2. The van der Waals surface area contributed by atoms with Crippen molar-refractivity contribution >= 4 is 29.4 Å². The molecule has 0 aromatic carbocycles. The molecule has 0 saturated carbocycles. The lowest BCUT2D eigenvalue weighted by atomic mass is 10.0. The molecule has 0 bridgehead atoms. The summed E-state index contributed by atoms with van der Waals surface area (Å²) >= 11 is 5.70. The molecule has 2 rings (SSSR count). The van der Waals surface area contributed by atoms with Crippen molar-refractivity contribution in [3.05, 3.63) is 23.4 Å². The van der Waals surface area contributed by atoms with Gasteiger partial charge < -0.3 is 10.4 Å². The molecule has 19 heavy (non-hydrogen) atoms. The maximum Gasteiger partial charge on any atom is 0.407 e. The summed E-state index contributed by atoms with van der Waals surface area (Å²) in [5.74, 6) is 0.0160. The zero-order chi connectivity index (χ0) is 13.8. The molecule has 1 atom stereocenters. The molecule has 0 aliphatic carbocycles. The molecule has 1 aliphatic rings. The van der Waals surface area contributed by atoms with E-state index in [-0.39, 0.29) is 5.91 Å². The number of halogens is 1. The summed E-state index contributed by atoms with van der Waals surface area (Å²) in [4.78, 5) is 28.3. The molecule has 1 unspecified atom stereocenters. The van der Waals surface area contributed by atoms with Crippen molar-refractivity contribution in [3.63, 3.8) is 0 Å². The molecule has 2 amide bonds. The molecule has 0 spiro atoms. The monoisotopic (exact) mass is 283 g/mol. The van der Waals surface area contributed by atoms with Gasteiger partial charge in [0.05, 0.1) is 5.02 Å². The third kappa shape index (κ3) is 3.35. The second-order valence-corrected chi connectivity index (χ2v) is 4.77. The van der Waals surface area contributed by atoms with Crippen LogP contribution in [0.5, 0.6) is 0 Å². The van der Waals surface area contributed by atoms with Crippen LogP contribution in [0.2, 0.25) is 5.02 Å². The number of anilines is 1. The lowest BCUT2D eigenvalue weighted by Gasteiger charge is -2.32. The summed E-state index contributed by atoms with van der Waals surface area (Å²) < 4.78 is 0. The Morgan fingerprint density at radius 1 is 1.42 bits per heavy atom. The van der Waals surface area contributed by atoms with Crippen LogP contribution in [0, 0.1) is 0 Å². The van der Waals surface area contributed by atoms with Crippen LogP contribution in [-0.4, -0.2) is 39.6 Å². The normalized spacial score (nSPS) is 19.0. The molecule has 2 heterocycles. The zero-order valence-electron chi connectivity index (χ0n) is 10.2. The number of aromatic nitrogens is 1.